The van der Waals surface area contributed by atoms with Crippen LogP contribution in [0, 0.1) is 5.82 Å². The summed E-state index contributed by atoms with van der Waals surface area (Å²) in [5.41, 5.74) is 2.42. The first kappa shape index (κ1) is 16.2. The largest absolute Gasteiger partial charge is 0.388 e. The summed E-state index contributed by atoms with van der Waals surface area (Å²) in [7, 11) is 0. The molecule has 0 fully saturated rings. The lowest BCUT2D eigenvalue weighted by Crippen LogP contribution is -2.17. The van der Waals surface area contributed by atoms with E-state index in [1.165, 1.54) is 6.07 Å². The maximum absolute atomic E-state index is 13.9. The first-order valence-corrected chi connectivity index (χ1v) is 7.80. The van der Waals surface area contributed by atoms with Crippen LogP contribution in [0.15, 0.2) is 46.9 Å². The van der Waals surface area contributed by atoms with Crippen LogP contribution in [0.3, 0.4) is 0 Å². The second-order valence-corrected chi connectivity index (χ2v) is 7.21. The van der Waals surface area contributed by atoms with Gasteiger partial charge in [0.05, 0.1) is 6.10 Å². The quantitative estimate of drug-likeness (QED) is 0.810. The predicted molar refractivity (Wildman–Crippen MR) is 87.9 cm³/mol. The average molecular weight is 351 g/mol. The van der Waals surface area contributed by atoms with Crippen LogP contribution in [-0.2, 0) is 11.8 Å². The molecule has 0 radical (unpaired) electrons. The summed E-state index contributed by atoms with van der Waals surface area (Å²) in [5, 5.41) is 10.5. The third-order valence-electron chi connectivity index (χ3n) is 3.56. The van der Waals surface area contributed by atoms with Crippen molar-refractivity contribution in [2.45, 2.75) is 38.7 Å². The van der Waals surface area contributed by atoms with Gasteiger partial charge >= 0.3 is 0 Å². The van der Waals surface area contributed by atoms with Gasteiger partial charge < -0.3 is 5.11 Å². The molecule has 1 N–H and O–H groups in total. The topological polar surface area (TPSA) is 20.2 Å². The van der Waals surface area contributed by atoms with Crippen molar-refractivity contribution >= 4 is 15.9 Å². The second-order valence-electron chi connectivity index (χ2n) is 6.29. The minimum atomic E-state index is -0.712. The van der Waals surface area contributed by atoms with Gasteiger partial charge in [0, 0.05) is 10.9 Å². The summed E-state index contributed by atoms with van der Waals surface area (Å²) in [6, 6.07) is 12.8. The van der Waals surface area contributed by atoms with Crippen molar-refractivity contribution in [1.29, 1.82) is 0 Å². The zero-order chi connectivity index (χ0) is 15.6. The molecule has 2 rings (SSSR count). The summed E-state index contributed by atoms with van der Waals surface area (Å²) in [4.78, 5) is 0. The van der Waals surface area contributed by atoms with Crippen LogP contribution in [0.4, 0.5) is 4.39 Å². The predicted octanol–water partition coefficient (Wildman–Crippen LogP) is 5.16. The van der Waals surface area contributed by atoms with Crippen LogP contribution >= 0.6 is 15.9 Å². The van der Waals surface area contributed by atoms with E-state index in [0.717, 1.165) is 11.1 Å². The molecule has 112 valence electrons. The van der Waals surface area contributed by atoms with Crippen LogP contribution in [0.1, 0.15) is 43.6 Å². The molecule has 1 nitrogen and oxygen atoms in total. The van der Waals surface area contributed by atoms with Gasteiger partial charge in [-0.15, -0.1) is 0 Å². The maximum atomic E-state index is 13.9. The van der Waals surface area contributed by atoms with Crippen molar-refractivity contribution < 1.29 is 9.50 Å². The molecular formula is C18H20BrFO. The van der Waals surface area contributed by atoms with Crippen LogP contribution < -0.4 is 0 Å². The highest BCUT2D eigenvalue weighted by atomic mass is 79.9. The number of hydrogen-bond acceptors (Lipinski definition) is 1. The Morgan fingerprint density at radius 2 is 1.81 bits per heavy atom. The van der Waals surface area contributed by atoms with Gasteiger partial charge in [0.15, 0.2) is 0 Å². The minimum Gasteiger partial charge on any atom is -0.388 e. The van der Waals surface area contributed by atoms with Gasteiger partial charge in [-0.05, 0) is 34.2 Å². The van der Waals surface area contributed by atoms with E-state index in [4.69, 9.17) is 0 Å². The third kappa shape index (κ3) is 3.92. The summed E-state index contributed by atoms with van der Waals surface area (Å²) in [5.74, 6) is -0.295. The van der Waals surface area contributed by atoms with Crippen LogP contribution in [-0.4, -0.2) is 5.11 Å². The lowest BCUT2D eigenvalue weighted by molar-refractivity contribution is 0.174. The normalized spacial score (nSPS) is 13.2. The smallest absolute Gasteiger partial charge is 0.127 e. The number of rotatable bonds is 3. The number of benzene rings is 2. The Labute approximate surface area is 134 Å². The first-order chi connectivity index (χ1) is 9.79. The molecule has 0 aliphatic heterocycles. The van der Waals surface area contributed by atoms with Crippen molar-refractivity contribution in [2.24, 2.45) is 0 Å². The molecule has 0 saturated carbocycles. The molecule has 3 heteroatoms. The van der Waals surface area contributed by atoms with Gasteiger partial charge in [0.25, 0.3) is 0 Å². The van der Waals surface area contributed by atoms with E-state index >= 15 is 0 Å². The monoisotopic (exact) mass is 350 g/mol. The fraction of sp³-hybridized carbons (Fsp3) is 0.333. The van der Waals surface area contributed by atoms with E-state index in [9.17, 15) is 9.50 Å². The zero-order valence-corrected chi connectivity index (χ0v) is 14.1. The average Bonchev–Trinajstić information content (AvgIpc) is 2.41. The molecule has 1 unspecified atom stereocenters. The molecule has 2 aromatic carbocycles. The molecule has 0 bridgehead atoms. The van der Waals surface area contributed by atoms with E-state index in [2.05, 4.69) is 36.7 Å². The van der Waals surface area contributed by atoms with Crippen molar-refractivity contribution in [1.82, 2.24) is 0 Å². The van der Waals surface area contributed by atoms with Crippen molar-refractivity contribution in [3.05, 3.63) is 69.4 Å². The molecule has 0 spiro atoms. The summed E-state index contributed by atoms with van der Waals surface area (Å²) < 4.78 is 14.6. The Kier molecular flexibility index (Phi) is 4.84. The fourth-order valence-corrected chi connectivity index (χ4v) is 2.81. The zero-order valence-electron chi connectivity index (χ0n) is 12.5. The Bertz CT molecular complexity index is 631. The van der Waals surface area contributed by atoms with E-state index in [0.29, 0.717) is 10.0 Å². The first-order valence-electron chi connectivity index (χ1n) is 7.00. The molecule has 2 aromatic rings. The highest BCUT2D eigenvalue weighted by molar-refractivity contribution is 9.10. The number of aliphatic hydroxyl groups excluding tert-OH is 1. The number of hydrogen-bond donors (Lipinski definition) is 1. The lowest BCUT2D eigenvalue weighted by Gasteiger charge is -2.25. The van der Waals surface area contributed by atoms with Gasteiger partial charge in [0.2, 0.25) is 0 Å². The summed E-state index contributed by atoms with van der Waals surface area (Å²) in [6.45, 7) is 6.33. The maximum Gasteiger partial charge on any atom is 0.127 e. The van der Waals surface area contributed by atoms with Gasteiger partial charge in [0.1, 0.15) is 5.82 Å². The molecule has 0 heterocycles. The molecule has 1 atom stereocenters. The van der Waals surface area contributed by atoms with Crippen LogP contribution in [0.5, 0.6) is 0 Å². The van der Waals surface area contributed by atoms with Crippen molar-refractivity contribution in [3.63, 3.8) is 0 Å². The van der Waals surface area contributed by atoms with Gasteiger partial charge in [-0.25, -0.2) is 4.39 Å². The second kappa shape index (κ2) is 6.29. The van der Waals surface area contributed by atoms with Gasteiger partial charge in [-0.1, -0.05) is 67.0 Å². The Balaban J connectivity index is 2.31. The standard InChI is InChI=1S/C18H20BrFO/c1-18(2,3)15-7-5-4-6-14(15)17(21)10-12-8-9-13(19)11-16(12)20/h4-9,11,17,21H,10H2,1-3H3. The van der Waals surface area contributed by atoms with E-state index < -0.39 is 6.10 Å². The molecule has 0 amide bonds. The highest BCUT2D eigenvalue weighted by Gasteiger charge is 2.22. The Morgan fingerprint density at radius 1 is 1.14 bits per heavy atom. The van der Waals surface area contributed by atoms with Crippen molar-refractivity contribution in [2.75, 3.05) is 0 Å². The van der Waals surface area contributed by atoms with Crippen LogP contribution in [0.25, 0.3) is 0 Å². The molecule has 21 heavy (non-hydrogen) atoms. The number of halogens is 2. The summed E-state index contributed by atoms with van der Waals surface area (Å²) in [6.07, 6.45) is -0.442. The Hall–Kier alpha value is -1.19. The molecule has 0 aliphatic carbocycles. The van der Waals surface area contributed by atoms with E-state index in [-0.39, 0.29) is 17.7 Å². The minimum absolute atomic E-state index is 0.0597. The fourth-order valence-electron chi connectivity index (χ4n) is 2.48. The van der Waals surface area contributed by atoms with E-state index in [1.807, 2.05) is 24.3 Å². The molecule has 0 saturated heterocycles. The molecular weight excluding hydrogens is 331 g/mol. The van der Waals surface area contributed by atoms with Gasteiger partial charge in [-0.3, -0.25) is 0 Å². The number of aliphatic hydroxyl groups is 1. The Morgan fingerprint density at radius 3 is 2.43 bits per heavy atom. The van der Waals surface area contributed by atoms with E-state index in [1.54, 1.807) is 12.1 Å². The highest BCUT2D eigenvalue weighted by Crippen LogP contribution is 2.31. The van der Waals surface area contributed by atoms with Crippen molar-refractivity contribution in [3.8, 4) is 0 Å². The van der Waals surface area contributed by atoms with Gasteiger partial charge in [-0.2, -0.15) is 0 Å². The lowest BCUT2D eigenvalue weighted by atomic mass is 9.81. The summed E-state index contributed by atoms with van der Waals surface area (Å²) >= 11 is 3.24. The molecule has 0 aliphatic rings. The van der Waals surface area contributed by atoms with Crippen LogP contribution in [0.2, 0.25) is 0 Å². The SMILES string of the molecule is CC(C)(C)c1ccccc1C(O)Cc1ccc(Br)cc1F. The molecule has 0 aromatic heterocycles. The third-order valence-corrected chi connectivity index (χ3v) is 4.05.